The average Bonchev–Trinajstić information content (AvgIpc) is 3.04. The van der Waals surface area contributed by atoms with Crippen molar-refractivity contribution in [1.29, 1.82) is 0 Å². The molecule has 0 aromatic heterocycles. The van der Waals surface area contributed by atoms with E-state index in [9.17, 15) is 19.2 Å². The number of ether oxygens (including phenoxy) is 3. The Hall–Kier alpha value is -3.30. The molecule has 0 radical (unpaired) electrons. The number of benzene rings is 1. The molecule has 2 aliphatic heterocycles. The number of urea groups is 1. The van der Waals surface area contributed by atoms with Crippen LogP contribution in [-0.2, 0) is 25.5 Å². The summed E-state index contributed by atoms with van der Waals surface area (Å²) >= 11 is 0. The lowest BCUT2D eigenvalue weighted by Crippen LogP contribution is -2.54. The third-order valence-corrected chi connectivity index (χ3v) is 6.50. The minimum atomic E-state index is -0.930. The predicted molar refractivity (Wildman–Crippen MR) is 116 cm³/mol. The Morgan fingerprint density at radius 2 is 2.00 bits per heavy atom. The summed E-state index contributed by atoms with van der Waals surface area (Å²) in [6.07, 6.45) is 3.84. The van der Waals surface area contributed by atoms with Gasteiger partial charge in [0.05, 0.1) is 0 Å². The molecular formula is C23H29N3O7. The van der Waals surface area contributed by atoms with Crippen LogP contribution in [0.2, 0.25) is 0 Å². The van der Waals surface area contributed by atoms with Gasteiger partial charge in [-0.25, -0.2) is 4.79 Å². The summed E-state index contributed by atoms with van der Waals surface area (Å²) in [5, 5.41) is 5.47. The minimum Gasteiger partial charge on any atom is -0.486 e. The molecule has 1 spiro atoms. The molecule has 10 nitrogen and oxygen atoms in total. The van der Waals surface area contributed by atoms with Crippen LogP contribution < -0.4 is 20.1 Å². The zero-order chi connectivity index (χ0) is 23.4. The molecule has 1 saturated heterocycles. The van der Waals surface area contributed by atoms with Gasteiger partial charge in [-0.1, -0.05) is 25.8 Å². The highest BCUT2D eigenvalue weighted by Crippen LogP contribution is 2.38. The second-order valence-electron chi connectivity index (χ2n) is 8.68. The Labute approximate surface area is 191 Å². The number of rotatable bonds is 7. The van der Waals surface area contributed by atoms with Gasteiger partial charge in [0.2, 0.25) is 0 Å². The van der Waals surface area contributed by atoms with Gasteiger partial charge in [0.15, 0.2) is 18.1 Å². The van der Waals surface area contributed by atoms with Crippen molar-refractivity contribution in [3.8, 4) is 11.5 Å². The summed E-state index contributed by atoms with van der Waals surface area (Å²) in [6.45, 7) is 2.33. The average molecular weight is 459 g/mol. The standard InChI is InChI=1S/C23H29N3O7/c1-15-4-2-3-8-23(15)21(29)26(22(30)25-23)13-20(28)33-14-19(27)24-9-7-16-5-6-17-18(12-16)32-11-10-31-17/h5-6,12,15H,2-4,7-11,13-14H2,1H3,(H,24,27)(H,25,30). The number of carbonyl (C=O) groups excluding carboxylic acids is 4. The molecule has 1 aliphatic carbocycles. The highest BCUT2D eigenvalue weighted by Gasteiger charge is 2.55. The molecule has 2 atom stereocenters. The second-order valence-corrected chi connectivity index (χ2v) is 8.68. The van der Waals surface area contributed by atoms with Crippen LogP contribution in [-0.4, -0.2) is 67.2 Å². The van der Waals surface area contributed by atoms with Crippen LogP contribution in [0.25, 0.3) is 0 Å². The van der Waals surface area contributed by atoms with Crippen LogP contribution in [0.4, 0.5) is 4.79 Å². The molecule has 2 N–H and O–H groups in total. The number of hydrogen-bond donors (Lipinski definition) is 2. The number of esters is 1. The Bertz CT molecular complexity index is 950. The number of fused-ring (bicyclic) bond motifs is 1. The third kappa shape index (κ3) is 4.89. The fourth-order valence-corrected chi connectivity index (χ4v) is 4.60. The number of hydrogen-bond acceptors (Lipinski definition) is 7. The van der Waals surface area contributed by atoms with Crippen LogP contribution >= 0.6 is 0 Å². The lowest BCUT2D eigenvalue weighted by molar-refractivity contribution is -0.151. The third-order valence-electron chi connectivity index (χ3n) is 6.50. The van der Waals surface area contributed by atoms with Gasteiger partial charge in [-0.2, -0.15) is 0 Å². The summed E-state index contributed by atoms with van der Waals surface area (Å²) in [7, 11) is 0. The quantitative estimate of drug-likeness (QED) is 0.463. The van der Waals surface area contributed by atoms with Gasteiger partial charge >= 0.3 is 12.0 Å². The summed E-state index contributed by atoms with van der Waals surface area (Å²) in [5.41, 5.74) is 0.0434. The van der Waals surface area contributed by atoms with Gasteiger partial charge in [0.1, 0.15) is 25.3 Å². The van der Waals surface area contributed by atoms with Crippen LogP contribution in [0.5, 0.6) is 11.5 Å². The maximum absolute atomic E-state index is 12.9. The van der Waals surface area contributed by atoms with Crippen molar-refractivity contribution in [3.63, 3.8) is 0 Å². The van der Waals surface area contributed by atoms with Gasteiger partial charge in [-0.3, -0.25) is 19.3 Å². The van der Waals surface area contributed by atoms with Crippen LogP contribution in [0.3, 0.4) is 0 Å². The van der Waals surface area contributed by atoms with Crippen molar-refractivity contribution in [1.82, 2.24) is 15.5 Å². The van der Waals surface area contributed by atoms with Gasteiger partial charge in [-0.05, 0) is 42.9 Å². The molecule has 0 bridgehead atoms. The molecule has 1 saturated carbocycles. The Kier molecular flexibility index (Phi) is 6.71. The van der Waals surface area contributed by atoms with Crippen LogP contribution in [0.1, 0.15) is 38.2 Å². The van der Waals surface area contributed by atoms with Crippen molar-refractivity contribution < 1.29 is 33.4 Å². The highest BCUT2D eigenvalue weighted by atomic mass is 16.6. The summed E-state index contributed by atoms with van der Waals surface area (Å²) in [6, 6.07) is 5.02. The molecule has 2 heterocycles. The maximum atomic E-state index is 12.9. The summed E-state index contributed by atoms with van der Waals surface area (Å²) in [5.74, 6) is -0.264. The van der Waals surface area contributed by atoms with E-state index in [1.165, 1.54) is 0 Å². The molecule has 1 aromatic carbocycles. The highest BCUT2D eigenvalue weighted by molar-refractivity contribution is 6.09. The number of nitrogens with one attached hydrogen (secondary N) is 2. The summed E-state index contributed by atoms with van der Waals surface area (Å²) < 4.78 is 16.0. The molecule has 10 heteroatoms. The maximum Gasteiger partial charge on any atom is 0.326 e. The van der Waals surface area contributed by atoms with Gasteiger partial charge < -0.3 is 24.8 Å². The fourth-order valence-electron chi connectivity index (χ4n) is 4.60. The number of nitrogens with zero attached hydrogens (tertiary/aromatic N) is 1. The molecule has 33 heavy (non-hydrogen) atoms. The van der Waals surface area contributed by atoms with Crippen molar-refractivity contribution in [2.75, 3.05) is 32.9 Å². The van der Waals surface area contributed by atoms with Crippen molar-refractivity contribution >= 4 is 23.8 Å². The van der Waals surface area contributed by atoms with E-state index in [0.717, 1.165) is 29.7 Å². The molecular weight excluding hydrogens is 430 g/mol. The van der Waals surface area contributed by atoms with E-state index in [2.05, 4.69) is 10.6 Å². The number of imide groups is 1. The van der Waals surface area contributed by atoms with E-state index in [1.54, 1.807) is 0 Å². The second kappa shape index (κ2) is 9.68. The van der Waals surface area contributed by atoms with Gasteiger partial charge in [0.25, 0.3) is 11.8 Å². The molecule has 3 aliphatic rings. The monoisotopic (exact) mass is 459 g/mol. The van der Waals surface area contributed by atoms with Crippen molar-refractivity contribution in [2.45, 2.75) is 44.6 Å². The van der Waals surface area contributed by atoms with Crippen molar-refractivity contribution in [2.24, 2.45) is 5.92 Å². The lowest BCUT2D eigenvalue weighted by Gasteiger charge is -2.36. The van der Waals surface area contributed by atoms with E-state index in [-0.39, 0.29) is 11.8 Å². The molecule has 2 unspecified atom stereocenters. The van der Waals surface area contributed by atoms with E-state index in [4.69, 9.17) is 14.2 Å². The first-order valence-electron chi connectivity index (χ1n) is 11.3. The molecule has 4 amide bonds. The number of amides is 4. The topological polar surface area (TPSA) is 123 Å². The first-order valence-corrected chi connectivity index (χ1v) is 11.3. The van der Waals surface area contributed by atoms with Crippen molar-refractivity contribution in [3.05, 3.63) is 23.8 Å². The number of carbonyl (C=O) groups is 4. The minimum absolute atomic E-state index is 0.00343. The Morgan fingerprint density at radius 1 is 1.21 bits per heavy atom. The van der Waals surface area contributed by atoms with E-state index in [1.807, 2.05) is 25.1 Å². The largest absolute Gasteiger partial charge is 0.486 e. The zero-order valence-corrected chi connectivity index (χ0v) is 18.7. The smallest absolute Gasteiger partial charge is 0.326 e. The van der Waals surface area contributed by atoms with Crippen LogP contribution in [0, 0.1) is 5.92 Å². The fraction of sp³-hybridized carbons (Fsp3) is 0.565. The zero-order valence-electron chi connectivity index (χ0n) is 18.7. The molecule has 178 valence electrons. The Balaban J connectivity index is 1.19. The predicted octanol–water partition coefficient (Wildman–Crippen LogP) is 1.16. The van der Waals surface area contributed by atoms with E-state index < -0.39 is 36.6 Å². The summed E-state index contributed by atoms with van der Waals surface area (Å²) in [4.78, 5) is 50.3. The first kappa shape index (κ1) is 22.9. The van der Waals surface area contributed by atoms with Crippen LogP contribution in [0.15, 0.2) is 18.2 Å². The normalized spacial score (nSPS) is 23.9. The van der Waals surface area contributed by atoms with Gasteiger partial charge in [0, 0.05) is 6.54 Å². The van der Waals surface area contributed by atoms with E-state index >= 15 is 0 Å². The Morgan fingerprint density at radius 3 is 2.79 bits per heavy atom. The molecule has 4 rings (SSSR count). The molecule has 1 aromatic rings. The SMILES string of the molecule is CC1CCCCC12NC(=O)N(CC(=O)OCC(=O)NCCc1ccc3c(c1)OCCO3)C2=O. The van der Waals surface area contributed by atoms with E-state index in [0.29, 0.717) is 44.1 Å². The molecule has 2 fully saturated rings. The first-order chi connectivity index (χ1) is 15.9. The lowest BCUT2D eigenvalue weighted by atomic mass is 9.73. The van der Waals surface area contributed by atoms with Gasteiger partial charge in [-0.15, -0.1) is 0 Å².